The predicted octanol–water partition coefficient (Wildman–Crippen LogP) is 3.51. The molecule has 0 atom stereocenters. The van der Waals surface area contributed by atoms with Crippen molar-refractivity contribution < 1.29 is 9.59 Å². The molecule has 4 heteroatoms. The second kappa shape index (κ2) is 8.62. The summed E-state index contributed by atoms with van der Waals surface area (Å²) in [6.07, 6.45) is 0. The van der Waals surface area contributed by atoms with E-state index in [9.17, 15) is 9.59 Å². The van der Waals surface area contributed by atoms with E-state index in [1.165, 1.54) is 0 Å². The van der Waals surface area contributed by atoms with Gasteiger partial charge in [-0.15, -0.1) is 0 Å². The van der Waals surface area contributed by atoms with E-state index < -0.39 is 0 Å². The van der Waals surface area contributed by atoms with Crippen molar-refractivity contribution in [1.82, 2.24) is 10.6 Å². The molecule has 3 rings (SSSR count). The van der Waals surface area contributed by atoms with Gasteiger partial charge in [0.2, 0.25) is 0 Å². The van der Waals surface area contributed by atoms with Crippen molar-refractivity contribution >= 4 is 11.8 Å². The Morgan fingerprint density at radius 2 is 0.962 bits per heavy atom. The second-order valence-electron chi connectivity index (χ2n) is 5.82. The van der Waals surface area contributed by atoms with E-state index in [0.29, 0.717) is 24.2 Å². The molecule has 0 saturated heterocycles. The molecule has 2 N–H and O–H groups in total. The molecule has 3 aromatic carbocycles. The summed E-state index contributed by atoms with van der Waals surface area (Å²) < 4.78 is 0. The van der Waals surface area contributed by atoms with Crippen LogP contribution in [0.2, 0.25) is 0 Å². The monoisotopic (exact) mass is 344 g/mol. The standard InChI is InChI=1S/C22H20N2O2/c25-21(19-9-5-2-6-10-19)23-15-16-24-22(26)20-13-11-18(12-14-20)17-7-3-1-4-8-17/h1-14H,15-16H2,(H,23,25)(H,24,26). The molecule has 26 heavy (non-hydrogen) atoms. The molecule has 0 aliphatic heterocycles. The first-order chi connectivity index (χ1) is 12.7. The summed E-state index contributed by atoms with van der Waals surface area (Å²) in [6, 6.07) is 26.5. The minimum atomic E-state index is -0.154. The van der Waals surface area contributed by atoms with Gasteiger partial charge in [-0.2, -0.15) is 0 Å². The third-order valence-corrected chi connectivity index (χ3v) is 3.99. The topological polar surface area (TPSA) is 58.2 Å². The van der Waals surface area contributed by atoms with Crippen LogP contribution in [0.4, 0.5) is 0 Å². The molecule has 130 valence electrons. The molecule has 4 nitrogen and oxygen atoms in total. The van der Waals surface area contributed by atoms with Crippen LogP contribution in [0.3, 0.4) is 0 Å². The maximum absolute atomic E-state index is 12.2. The molecule has 0 bridgehead atoms. The Labute approximate surface area is 152 Å². The average Bonchev–Trinajstić information content (AvgIpc) is 2.72. The molecule has 0 fully saturated rings. The van der Waals surface area contributed by atoms with E-state index in [-0.39, 0.29) is 11.8 Å². The Kier molecular flexibility index (Phi) is 5.78. The number of hydrogen-bond acceptors (Lipinski definition) is 2. The fraction of sp³-hybridized carbons (Fsp3) is 0.0909. The molecular formula is C22H20N2O2. The van der Waals surface area contributed by atoms with Crippen LogP contribution in [-0.4, -0.2) is 24.9 Å². The highest BCUT2D eigenvalue weighted by Crippen LogP contribution is 2.19. The van der Waals surface area contributed by atoms with Crippen molar-refractivity contribution in [2.24, 2.45) is 0 Å². The Morgan fingerprint density at radius 1 is 0.538 bits per heavy atom. The minimum absolute atomic E-state index is 0.146. The van der Waals surface area contributed by atoms with Gasteiger partial charge in [0.15, 0.2) is 0 Å². The molecule has 0 aromatic heterocycles. The highest BCUT2D eigenvalue weighted by Gasteiger charge is 2.07. The Balaban J connectivity index is 1.47. The van der Waals surface area contributed by atoms with Gasteiger partial charge in [0, 0.05) is 24.2 Å². The molecule has 0 aliphatic rings. The number of amides is 2. The molecule has 0 spiro atoms. The van der Waals surface area contributed by atoms with Crippen LogP contribution >= 0.6 is 0 Å². The van der Waals surface area contributed by atoms with Gasteiger partial charge in [-0.05, 0) is 35.4 Å². The van der Waals surface area contributed by atoms with Crippen LogP contribution in [0.5, 0.6) is 0 Å². The number of carbonyl (C=O) groups excluding carboxylic acids is 2. The second-order valence-corrected chi connectivity index (χ2v) is 5.82. The normalized spacial score (nSPS) is 10.2. The quantitative estimate of drug-likeness (QED) is 0.672. The van der Waals surface area contributed by atoms with Gasteiger partial charge in [-0.25, -0.2) is 0 Å². The summed E-state index contributed by atoms with van der Waals surface area (Å²) in [5.41, 5.74) is 3.38. The molecule has 0 unspecified atom stereocenters. The maximum Gasteiger partial charge on any atom is 0.251 e. The highest BCUT2D eigenvalue weighted by molar-refractivity contribution is 5.95. The molecule has 0 heterocycles. The van der Waals surface area contributed by atoms with Gasteiger partial charge in [0.05, 0.1) is 0 Å². The molecular weight excluding hydrogens is 324 g/mol. The maximum atomic E-state index is 12.2. The van der Waals surface area contributed by atoms with Crippen molar-refractivity contribution in [2.75, 3.05) is 13.1 Å². The summed E-state index contributed by atoms with van der Waals surface area (Å²) >= 11 is 0. The molecule has 2 amide bonds. The number of benzene rings is 3. The zero-order valence-corrected chi connectivity index (χ0v) is 14.3. The zero-order valence-electron chi connectivity index (χ0n) is 14.3. The lowest BCUT2D eigenvalue weighted by atomic mass is 10.0. The van der Waals surface area contributed by atoms with Crippen molar-refractivity contribution in [3.8, 4) is 11.1 Å². The molecule has 0 radical (unpaired) electrons. The minimum Gasteiger partial charge on any atom is -0.350 e. The first-order valence-electron chi connectivity index (χ1n) is 8.51. The van der Waals surface area contributed by atoms with Crippen molar-refractivity contribution in [3.63, 3.8) is 0 Å². The third kappa shape index (κ3) is 4.57. The molecule has 3 aromatic rings. The lowest BCUT2D eigenvalue weighted by Gasteiger charge is -2.08. The lowest BCUT2D eigenvalue weighted by Crippen LogP contribution is -2.34. The third-order valence-electron chi connectivity index (χ3n) is 3.99. The van der Waals surface area contributed by atoms with E-state index >= 15 is 0 Å². The Hall–Kier alpha value is -3.40. The Morgan fingerprint density at radius 3 is 1.50 bits per heavy atom. The van der Waals surface area contributed by atoms with Crippen molar-refractivity contribution in [1.29, 1.82) is 0 Å². The van der Waals surface area contributed by atoms with Crippen molar-refractivity contribution in [3.05, 3.63) is 96.1 Å². The van der Waals surface area contributed by atoms with Crippen LogP contribution in [0.15, 0.2) is 84.9 Å². The number of rotatable bonds is 6. The van der Waals surface area contributed by atoms with Crippen LogP contribution in [0, 0.1) is 0 Å². The lowest BCUT2D eigenvalue weighted by molar-refractivity contribution is 0.0927. The number of hydrogen-bond donors (Lipinski definition) is 2. The van der Waals surface area contributed by atoms with Gasteiger partial charge in [-0.1, -0.05) is 60.7 Å². The van der Waals surface area contributed by atoms with Crippen LogP contribution in [-0.2, 0) is 0 Å². The van der Waals surface area contributed by atoms with E-state index in [2.05, 4.69) is 10.6 Å². The van der Waals surface area contributed by atoms with E-state index in [1.807, 2.05) is 60.7 Å². The zero-order chi connectivity index (χ0) is 18.2. The fourth-order valence-corrected chi connectivity index (χ4v) is 2.59. The van der Waals surface area contributed by atoms with Gasteiger partial charge < -0.3 is 10.6 Å². The summed E-state index contributed by atoms with van der Waals surface area (Å²) in [4.78, 5) is 24.1. The number of carbonyl (C=O) groups is 2. The van der Waals surface area contributed by atoms with E-state index in [0.717, 1.165) is 11.1 Å². The van der Waals surface area contributed by atoms with Crippen LogP contribution in [0.1, 0.15) is 20.7 Å². The predicted molar refractivity (Wildman–Crippen MR) is 103 cm³/mol. The van der Waals surface area contributed by atoms with Gasteiger partial charge in [0.25, 0.3) is 11.8 Å². The Bertz CT molecular complexity index is 860. The van der Waals surface area contributed by atoms with Gasteiger partial charge >= 0.3 is 0 Å². The van der Waals surface area contributed by atoms with Crippen LogP contribution in [0.25, 0.3) is 11.1 Å². The summed E-state index contributed by atoms with van der Waals surface area (Å²) in [6.45, 7) is 0.749. The molecule has 0 aliphatic carbocycles. The highest BCUT2D eigenvalue weighted by atomic mass is 16.2. The number of nitrogens with one attached hydrogen (secondary N) is 2. The molecule has 0 saturated carbocycles. The summed E-state index contributed by atoms with van der Waals surface area (Å²) in [5.74, 6) is -0.300. The fourth-order valence-electron chi connectivity index (χ4n) is 2.59. The van der Waals surface area contributed by atoms with Gasteiger partial charge in [-0.3, -0.25) is 9.59 Å². The van der Waals surface area contributed by atoms with E-state index in [4.69, 9.17) is 0 Å². The smallest absolute Gasteiger partial charge is 0.251 e. The van der Waals surface area contributed by atoms with Gasteiger partial charge in [0.1, 0.15) is 0 Å². The van der Waals surface area contributed by atoms with Crippen LogP contribution < -0.4 is 10.6 Å². The summed E-state index contributed by atoms with van der Waals surface area (Å²) in [5, 5.41) is 5.59. The first kappa shape index (κ1) is 17.4. The summed E-state index contributed by atoms with van der Waals surface area (Å²) in [7, 11) is 0. The SMILES string of the molecule is O=C(NCCNC(=O)c1ccc(-c2ccccc2)cc1)c1ccccc1. The van der Waals surface area contributed by atoms with E-state index in [1.54, 1.807) is 24.3 Å². The first-order valence-corrected chi connectivity index (χ1v) is 8.51. The van der Waals surface area contributed by atoms with Crippen molar-refractivity contribution in [2.45, 2.75) is 0 Å². The largest absolute Gasteiger partial charge is 0.350 e. The average molecular weight is 344 g/mol.